The summed E-state index contributed by atoms with van der Waals surface area (Å²) >= 11 is 0. The summed E-state index contributed by atoms with van der Waals surface area (Å²) in [6, 6.07) is 4.92. The lowest BCUT2D eigenvalue weighted by atomic mass is 10.1. The Balaban J connectivity index is 2.01. The van der Waals surface area contributed by atoms with Crippen molar-refractivity contribution in [3.63, 3.8) is 0 Å². The van der Waals surface area contributed by atoms with Gasteiger partial charge in [-0.1, -0.05) is 12.1 Å². The highest BCUT2D eigenvalue weighted by Crippen LogP contribution is 2.23. The van der Waals surface area contributed by atoms with Gasteiger partial charge >= 0.3 is 0 Å². The molecule has 0 radical (unpaired) electrons. The largest absolute Gasteiger partial charge is 0.488 e. The van der Waals surface area contributed by atoms with E-state index in [2.05, 4.69) is 4.98 Å². The van der Waals surface area contributed by atoms with E-state index in [1.807, 2.05) is 23.8 Å². The van der Waals surface area contributed by atoms with Gasteiger partial charge in [-0.05, 0) is 31.5 Å². The van der Waals surface area contributed by atoms with Crippen molar-refractivity contribution >= 4 is 0 Å². The Morgan fingerprint density at radius 3 is 2.95 bits per heavy atom. The summed E-state index contributed by atoms with van der Waals surface area (Å²) in [6.45, 7) is 3.43. The summed E-state index contributed by atoms with van der Waals surface area (Å²) in [5.74, 6) is 0.887. The summed E-state index contributed by atoms with van der Waals surface area (Å²) in [6.07, 6.45) is 4.22. The standard InChI is InChI=1S/C14H18FN3O/c1-11-17-7-8-18(11)9-10-19-14-12(5-6-16)3-2-4-13(14)15/h2-4,7-8H,5-6,9-10,16H2,1H3. The van der Waals surface area contributed by atoms with E-state index >= 15 is 0 Å². The second-order valence-corrected chi connectivity index (χ2v) is 4.28. The highest BCUT2D eigenvalue weighted by atomic mass is 19.1. The van der Waals surface area contributed by atoms with Crippen LogP contribution in [0.2, 0.25) is 0 Å². The number of ether oxygens (including phenoxy) is 1. The first-order valence-electron chi connectivity index (χ1n) is 6.30. The molecule has 5 heteroatoms. The van der Waals surface area contributed by atoms with Gasteiger partial charge in [0.2, 0.25) is 0 Å². The fourth-order valence-corrected chi connectivity index (χ4v) is 1.95. The van der Waals surface area contributed by atoms with Gasteiger partial charge in [0.1, 0.15) is 12.4 Å². The number of hydrogen-bond acceptors (Lipinski definition) is 3. The molecule has 0 saturated carbocycles. The zero-order valence-electron chi connectivity index (χ0n) is 11.0. The Morgan fingerprint density at radius 1 is 1.42 bits per heavy atom. The average Bonchev–Trinajstić information content (AvgIpc) is 2.79. The minimum atomic E-state index is -0.340. The molecule has 1 aromatic carbocycles. The van der Waals surface area contributed by atoms with E-state index in [1.54, 1.807) is 12.3 Å². The summed E-state index contributed by atoms with van der Waals surface area (Å²) < 4.78 is 21.3. The molecule has 2 N–H and O–H groups in total. The Labute approximate surface area is 112 Å². The van der Waals surface area contributed by atoms with Crippen LogP contribution in [0, 0.1) is 12.7 Å². The van der Waals surface area contributed by atoms with E-state index < -0.39 is 0 Å². The van der Waals surface area contributed by atoms with Gasteiger partial charge in [-0.15, -0.1) is 0 Å². The van der Waals surface area contributed by atoms with Gasteiger partial charge < -0.3 is 15.0 Å². The smallest absolute Gasteiger partial charge is 0.165 e. The molecule has 0 unspecified atom stereocenters. The molecule has 0 aliphatic heterocycles. The van der Waals surface area contributed by atoms with Crippen LogP contribution in [-0.2, 0) is 13.0 Å². The van der Waals surface area contributed by atoms with Gasteiger partial charge in [0, 0.05) is 12.4 Å². The van der Waals surface area contributed by atoms with E-state index in [9.17, 15) is 4.39 Å². The van der Waals surface area contributed by atoms with Gasteiger partial charge in [-0.3, -0.25) is 0 Å². The fraction of sp³-hybridized carbons (Fsp3) is 0.357. The number of imidazole rings is 1. The van der Waals surface area contributed by atoms with E-state index in [0.29, 0.717) is 31.9 Å². The number of para-hydroxylation sites is 1. The molecule has 0 spiro atoms. The van der Waals surface area contributed by atoms with Gasteiger partial charge in [0.15, 0.2) is 11.6 Å². The molecule has 0 aliphatic carbocycles. The number of aromatic nitrogens is 2. The molecule has 0 aliphatic rings. The van der Waals surface area contributed by atoms with Crippen molar-refractivity contribution in [2.24, 2.45) is 5.73 Å². The first-order valence-corrected chi connectivity index (χ1v) is 6.30. The SMILES string of the molecule is Cc1nccn1CCOc1c(F)cccc1CCN. The predicted molar refractivity (Wildman–Crippen MR) is 71.6 cm³/mol. The van der Waals surface area contributed by atoms with E-state index in [0.717, 1.165) is 11.4 Å². The zero-order valence-corrected chi connectivity index (χ0v) is 11.0. The molecule has 2 rings (SSSR count). The third-order valence-corrected chi connectivity index (χ3v) is 2.96. The molecule has 1 heterocycles. The minimum absolute atomic E-state index is 0.311. The first-order chi connectivity index (χ1) is 9.22. The fourth-order valence-electron chi connectivity index (χ4n) is 1.95. The van der Waals surface area contributed by atoms with Crippen LogP contribution in [0.4, 0.5) is 4.39 Å². The molecule has 0 saturated heterocycles. The number of halogens is 1. The Kier molecular flexibility index (Phi) is 4.52. The van der Waals surface area contributed by atoms with Crippen LogP contribution < -0.4 is 10.5 Å². The van der Waals surface area contributed by atoms with Gasteiger partial charge in [-0.2, -0.15) is 0 Å². The third kappa shape index (κ3) is 3.32. The molecule has 0 atom stereocenters. The molecular weight excluding hydrogens is 245 g/mol. The quantitative estimate of drug-likeness (QED) is 0.866. The number of nitrogens with two attached hydrogens (primary N) is 1. The van der Waals surface area contributed by atoms with E-state index in [4.69, 9.17) is 10.5 Å². The summed E-state index contributed by atoms with van der Waals surface area (Å²) in [5, 5.41) is 0. The lowest BCUT2D eigenvalue weighted by Gasteiger charge is -2.12. The maximum absolute atomic E-state index is 13.7. The lowest BCUT2D eigenvalue weighted by molar-refractivity contribution is 0.280. The number of rotatable bonds is 6. The van der Waals surface area contributed by atoms with Crippen molar-refractivity contribution < 1.29 is 9.13 Å². The molecular formula is C14H18FN3O. The van der Waals surface area contributed by atoms with Crippen LogP contribution in [0.5, 0.6) is 5.75 Å². The van der Waals surface area contributed by atoms with Crippen LogP contribution in [0.3, 0.4) is 0 Å². The molecule has 1 aromatic heterocycles. The Hall–Kier alpha value is -1.88. The van der Waals surface area contributed by atoms with Gasteiger partial charge in [-0.25, -0.2) is 9.37 Å². The summed E-state index contributed by atoms with van der Waals surface area (Å²) in [5.41, 5.74) is 6.32. The molecule has 102 valence electrons. The second-order valence-electron chi connectivity index (χ2n) is 4.28. The monoisotopic (exact) mass is 263 g/mol. The van der Waals surface area contributed by atoms with Crippen LogP contribution in [0.25, 0.3) is 0 Å². The molecule has 0 bridgehead atoms. The molecule has 0 amide bonds. The van der Waals surface area contributed by atoms with E-state index in [-0.39, 0.29) is 5.82 Å². The second kappa shape index (κ2) is 6.33. The predicted octanol–water partition coefficient (Wildman–Crippen LogP) is 1.91. The zero-order chi connectivity index (χ0) is 13.7. The van der Waals surface area contributed by atoms with Crippen molar-refractivity contribution in [1.29, 1.82) is 0 Å². The molecule has 0 fully saturated rings. The van der Waals surface area contributed by atoms with Crippen molar-refractivity contribution in [2.45, 2.75) is 19.9 Å². The highest BCUT2D eigenvalue weighted by Gasteiger charge is 2.09. The van der Waals surface area contributed by atoms with Crippen molar-refractivity contribution in [2.75, 3.05) is 13.2 Å². The molecule has 2 aromatic rings. The molecule has 4 nitrogen and oxygen atoms in total. The number of hydrogen-bond donors (Lipinski definition) is 1. The van der Waals surface area contributed by atoms with Crippen LogP contribution in [-0.4, -0.2) is 22.7 Å². The van der Waals surface area contributed by atoms with Crippen molar-refractivity contribution in [1.82, 2.24) is 9.55 Å². The number of aryl methyl sites for hydroxylation is 1. The topological polar surface area (TPSA) is 53.1 Å². The minimum Gasteiger partial charge on any atom is -0.488 e. The van der Waals surface area contributed by atoms with Crippen molar-refractivity contribution in [3.8, 4) is 5.75 Å². The summed E-state index contributed by atoms with van der Waals surface area (Å²) in [4.78, 5) is 4.12. The third-order valence-electron chi connectivity index (χ3n) is 2.96. The van der Waals surface area contributed by atoms with Gasteiger partial charge in [0.25, 0.3) is 0 Å². The highest BCUT2D eigenvalue weighted by molar-refractivity contribution is 5.35. The van der Waals surface area contributed by atoms with Crippen LogP contribution in [0.15, 0.2) is 30.6 Å². The number of benzene rings is 1. The van der Waals surface area contributed by atoms with E-state index in [1.165, 1.54) is 6.07 Å². The maximum Gasteiger partial charge on any atom is 0.165 e. The molecule has 19 heavy (non-hydrogen) atoms. The maximum atomic E-state index is 13.7. The lowest BCUT2D eigenvalue weighted by Crippen LogP contribution is -2.12. The summed E-state index contributed by atoms with van der Waals surface area (Å²) in [7, 11) is 0. The van der Waals surface area contributed by atoms with Gasteiger partial charge in [0.05, 0.1) is 6.54 Å². The number of nitrogens with zero attached hydrogens (tertiary/aromatic N) is 2. The van der Waals surface area contributed by atoms with Crippen molar-refractivity contribution in [3.05, 3.63) is 47.8 Å². The van der Waals surface area contributed by atoms with Crippen LogP contribution >= 0.6 is 0 Å². The Morgan fingerprint density at radius 2 is 2.26 bits per heavy atom. The Bertz CT molecular complexity index is 539. The van der Waals surface area contributed by atoms with Crippen LogP contribution in [0.1, 0.15) is 11.4 Å². The normalized spacial score (nSPS) is 10.7. The first kappa shape index (κ1) is 13.5. The average molecular weight is 263 g/mol.